The Hall–Kier alpha value is -4.72. The Bertz CT molecular complexity index is 1510. The lowest BCUT2D eigenvalue weighted by Crippen LogP contribution is -2.00. The number of nitro benzene ring substituents is 1. The predicted molar refractivity (Wildman–Crippen MR) is 132 cm³/mol. The first-order chi connectivity index (χ1) is 16.6. The summed E-state index contributed by atoms with van der Waals surface area (Å²) in [6, 6.07) is 22.3. The Kier molecular flexibility index (Phi) is 5.39. The quantitative estimate of drug-likeness (QED) is 0.262. The number of benzene rings is 3. The van der Waals surface area contributed by atoms with Crippen LogP contribution < -0.4 is 10.1 Å². The van der Waals surface area contributed by atoms with Crippen molar-refractivity contribution in [3.05, 3.63) is 95.4 Å². The summed E-state index contributed by atoms with van der Waals surface area (Å²) in [6.45, 7) is 0. The van der Waals surface area contributed by atoms with Gasteiger partial charge in [0.25, 0.3) is 5.69 Å². The van der Waals surface area contributed by atoms with Gasteiger partial charge < -0.3 is 14.6 Å². The molecule has 0 saturated carbocycles. The summed E-state index contributed by atoms with van der Waals surface area (Å²) < 4.78 is 7.29. The van der Waals surface area contributed by atoms with Gasteiger partial charge in [-0.2, -0.15) is 0 Å². The van der Waals surface area contributed by atoms with Gasteiger partial charge in [0.15, 0.2) is 0 Å². The zero-order valence-corrected chi connectivity index (χ0v) is 18.6. The van der Waals surface area contributed by atoms with E-state index >= 15 is 0 Å². The summed E-state index contributed by atoms with van der Waals surface area (Å²) in [5, 5.41) is 15.7. The van der Waals surface area contributed by atoms with Gasteiger partial charge in [0.05, 0.1) is 23.1 Å². The molecule has 8 heteroatoms. The molecule has 2 heterocycles. The van der Waals surface area contributed by atoms with Crippen molar-refractivity contribution >= 4 is 22.4 Å². The second-order valence-electron chi connectivity index (χ2n) is 7.66. The number of anilines is 1. The second kappa shape index (κ2) is 8.67. The number of para-hydroxylation sites is 1. The van der Waals surface area contributed by atoms with Crippen LogP contribution in [0.1, 0.15) is 0 Å². The van der Waals surface area contributed by atoms with Crippen molar-refractivity contribution in [2.75, 3.05) is 19.5 Å². The molecular formula is C26H21N5O3. The number of hydrogen-bond acceptors (Lipinski definition) is 6. The van der Waals surface area contributed by atoms with E-state index in [-0.39, 0.29) is 10.6 Å². The molecule has 0 bridgehead atoms. The zero-order valence-electron chi connectivity index (χ0n) is 18.6. The fraction of sp³-hybridized carbons (Fsp3) is 0.0769. The molecule has 168 valence electrons. The van der Waals surface area contributed by atoms with E-state index in [9.17, 15) is 10.1 Å². The maximum atomic E-state index is 11.6. The molecule has 1 N–H and O–H groups in total. The third kappa shape index (κ3) is 3.71. The van der Waals surface area contributed by atoms with Gasteiger partial charge in [-0.3, -0.25) is 10.1 Å². The van der Waals surface area contributed by atoms with Crippen molar-refractivity contribution in [3.8, 4) is 33.8 Å². The minimum Gasteiger partial charge on any atom is -0.497 e. The van der Waals surface area contributed by atoms with E-state index in [0.29, 0.717) is 17.2 Å². The van der Waals surface area contributed by atoms with E-state index in [1.54, 1.807) is 32.4 Å². The van der Waals surface area contributed by atoms with E-state index in [2.05, 4.69) is 15.3 Å². The highest BCUT2D eigenvalue weighted by Gasteiger charge is 2.18. The smallest absolute Gasteiger partial charge is 0.277 e. The summed E-state index contributed by atoms with van der Waals surface area (Å²) in [6.07, 6.45) is 3.53. The van der Waals surface area contributed by atoms with Crippen molar-refractivity contribution in [3.63, 3.8) is 0 Å². The molecule has 0 unspecified atom stereocenters. The van der Waals surface area contributed by atoms with Crippen LogP contribution in [0.2, 0.25) is 0 Å². The van der Waals surface area contributed by atoms with Crippen LogP contribution in [0, 0.1) is 10.1 Å². The Morgan fingerprint density at radius 1 is 0.941 bits per heavy atom. The summed E-state index contributed by atoms with van der Waals surface area (Å²) in [7, 11) is 3.44. The SMILES string of the molecule is CNc1cc(-n2cc(-c3ccc(OC)cc3)c3ccc(-c4ccccc4[N+](=O)[O-])cc32)ncn1. The molecule has 0 aliphatic rings. The third-order valence-electron chi connectivity index (χ3n) is 5.77. The molecule has 0 fully saturated rings. The number of aromatic nitrogens is 3. The van der Waals surface area contributed by atoms with E-state index in [1.165, 1.54) is 12.4 Å². The summed E-state index contributed by atoms with van der Waals surface area (Å²) in [5.41, 5.74) is 4.29. The monoisotopic (exact) mass is 451 g/mol. The standard InChI is InChI=1S/C26H21N5O3/c1-27-25-14-26(29-16-28-25)30-15-22(17-7-10-19(34-2)11-8-17)21-12-9-18(13-24(21)30)20-5-3-4-6-23(20)31(32)33/h3-16H,1-2H3,(H,27,28,29). The lowest BCUT2D eigenvalue weighted by molar-refractivity contribution is -0.384. The molecule has 5 aromatic rings. The molecule has 5 rings (SSSR count). The molecule has 34 heavy (non-hydrogen) atoms. The van der Waals surface area contributed by atoms with Crippen molar-refractivity contribution < 1.29 is 9.66 Å². The Labute approximate surface area is 195 Å². The first-order valence-corrected chi connectivity index (χ1v) is 10.6. The lowest BCUT2D eigenvalue weighted by atomic mass is 9.99. The molecular weight excluding hydrogens is 430 g/mol. The molecule has 3 aromatic carbocycles. The van der Waals surface area contributed by atoms with Gasteiger partial charge >= 0.3 is 0 Å². The molecule has 0 spiro atoms. The minimum atomic E-state index is -0.356. The van der Waals surface area contributed by atoms with Crippen molar-refractivity contribution in [2.24, 2.45) is 0 Å². The molecule has 0 aliphatic carbocycles. The Balaban J connectivity index is 1.76. The third-order valence-corrected chi connectivity index (χ3v) is 5.77. The summed E-state index contributed by atoms with van der Waals surface area (Å²) in [4.78, 5) is 20.0. The Morgan fingerprint density at radius 2 is 1.71 bits per heavy atom. The van der Waals surface area contributed by atoms with Gasteiger partial charge in [-0.15, -0.1) is 0 Å². The molecule has 0 atom stereocenters. The number of nitrogens with zero attached hydrogens (tertiary/aromatic N) is 4. The number of methoxy groups -OCH3 is 1. The van der Waals surface area contributed by atoms with Crippen molar-refractivity contribution in [2.45, 2.75) is 0 Å². The van der Waals surface area contributed by atoms with Crippen LogP contribution in [0.25, 0.3) is 39.0 Å². The highest BCUT2D eigenvalue weighted by atomic mass is 16.6. The van der Waals surface area contributed by atoms with Gasteiger partial charge in [0.1, 0.15) is 23.7 Å². The zero-order chi connectivity index (χ0) is 23.7. The number of hydrogen-bond donors (Lipinski definition) is 1. The number of nitrogens with one attached hydrogen (secondary N) is 1. The fourth-order valence-corrected chi connectivity index (χ4v) is 4.08. The van der Waals surface area contributed by atoms with Gasteiger partial charge in [-0.05, 0) is 35.4 Å². The molecule has 0 amide bonds. The van der Waals surface area contributed by atoms with Crippen LogP contribution in [-0.2, 0) is 0 Å². The highest BCUT2D eigenvalue weighted by Crippen LogP contribution is 2.37. The number of ether oxygens (including phenoxy) is 1. The van der Waals surface area contributed by atoms with Gasteiger partial charge in [-0.25, -0.2) is 9.97 Å². The molecule has 0 radical (unpaired) electrons. The maximum Gasteiger partial charge on any atom is 0.277 e. The van der Waals surface area contributed by atoms with Gasteiger partial charge in [-0.1, -0.05) is 36.4 Å². The first kappa shape index (κ1) is 21.1. The maximum absolute atomic E-state index is 11.6. The second-order valence-corrected chi connectivity index (χ2v) is 7.66. The number of rotatable bonds is 6. The molecule has 0 aliphatic heterocycles. The van der Waals surface area contributed by atoms with Crippen LogP contribution in [0.3, 0.4) is 0 Å². The van der Waals surface area contributed by atoms with E-state index in [4.69, 9.17) is 4.74 Å². The number of fused-ring (bicyclic) bond motifs is 1. The van der Waals surface area contributed by atoms with Crippen LogP contribution in [0.4, 0.5) is 11.5 Å². The Morgan fingerprint density at radius 3 is 2.44 bits per heavy atom. The van der Waals surface area contributed by atoms with Crippen LogP contribution >= 0.6 is 0 Å². The van der Waals surface area contributed by atoms with Crippen LogP contribution in [-0.4, -0.2) is 33.6 Å². The summed E-state index contributed by atoms with van der Waals surface area (Å²) in [5.74, 6) is 2.15. The van der Waals surface area contributed by atoms with Crippen molar-refractivity contribution in [1.29, 1.82) is 0 Å². The van der Waals surface area contributed by atoms with E-state index < -0.39 is 0 Å². The van der Waals surface area contributed by atoms with Gasteiger partial charge in [0, 0.05) is 36.3 Å². The number of nitro groups is 1. The average Bonchev–Trinajstić information content (AvgIpc) is 3.27. The topological polar surface area (TPSA) is 95.1 Å². The highest BCUT2D eigenvalue weighted by molar-refractivity contribution is 5.99. The molecule has 8 nitrogen and oxygen atoms in total. The first-order valence-electron chi connectivity index (χ1n) is 10.6. The minimum absolute atomic E-state index is 0.0647. The predicted octanol–water partition coefficient (Wildman–Crippen LogP) is 5.71. The average molecular weight is 451 g/mol. The fourth-order valence-electron chi connectivity index (χ4n) is 4.08. The van der Waals surface area contributed by atoms with Crippen LogP contribution in [0.15, 0.2) is 85.3 Å². The van der Waals surface area contributed by atoms with Crippen LogP contribution in [0.5, 0.6) is 5.75 Å². The normalized spacial score (nSPS) is 10.9. The van der Waals surface area contributed by atoms with Gasteiger partial charge in [0.2, 0.25) is 0 Å². The summed E-state index contributed by atoms with van der Waals surface area (Å²) >= 11 is 0. The van der Waals surface area contributed by atoms with E-state index in [1.807, 2.05) is 59.3 Å². The van der Waals surface area contributed by atoms with E-state index in [0.717, 1.165) is 33.3 Å². The lowest BCUT2D eigenvalue weighted by Gasteiger charge is -2.08. The van der Waals surface area contributed by atoms with Crippen molar-refractivity contribution in [1.82, 2.24) is 14.5 Å². The largest absolute Gasteiger partial charge is 0.497 e. The molecule has 0 saturated heterocycles. The molecule has 2 aromatic heterocycles.